The Morgan fingerprint density at radius 1 is 1.25 bits per heavy atom. The molecule has 24 heavy (non-hydrogen) atoms. The second-order valence-electron chi connectivity index (χ2n) is 8.26. The van der Waals surface area contributed by atoms with Crippen LogP contribution < -0.4 is 5.32 Å². The Morgan fingerprint density at radius 3 is 2.58 bits per heavy atom. The second kappa shape index (κ2) is 5.47. The molecule has 0 amide bonds. The number of nitrogens with one attached hydrogen (secondary N) is 1. The van der Waals surface area contributed by atoms with E-state index in [2.05, 4.69) is 82.7 Å². The Bertz CT molecular complexity index is 848. The van der Waals surface area contributed by atoms with E-state index in [0.717, 1.165) is 17.9 Å². The van der Waals surface area contributed by atoms with Gasteiger partial charge in [0.05, 0.1) is 5.69 Å². The predicted molar refractivity (Wildman–Crippen MR) is 104 cm³/mol. The second-order valence-corrected chi connectivity index (χ2v) is 8.26. The highest BCUT2D eigenvalue weighted by Crippen LogP contribution is 2.45. The van der Waals surface area contributed by atoms with Crippen LogP contribution in [-0.2, 0) is 10.8 Å². The number of likely N-dealkylation sites (N-methyl/N-ethyl adjacent to an activating group) is 1. The lowest BCUT2D eigenvalue weighted by atomic mass is 9.69. The van der Waals surface area contributed by atoms with Gasteiger partial charge >= 0.3 is 0 Å². The smallest absolute Gasteiger partial charge is 0.0714 e. The summed E-state index contributed by atoms with van der Waals surface area (Å²) >= 11 is 0. The first-order chi connectivity index (χ1) is 11.2. The summed E-state index contributed by atoms with van der Waals surface area (Å²) in [5.41, 5.74) is 6.00. The number of benzene rings is 1. The van der Waals surface area contributed by atoms with Crippen LogP contribution in [0.5, 0.6) is 0 Å². The summed E-state index contributed by atoms with van der Waals surface area (Å²) in [6.07, 6.45) is 4.12. The minimum atomic E-state index is -0.102. The Morgan fingerprint density at radius 2 is 1.96 bits per heavy atom. The molecule has 0 saturated carbocycles. The van der Waals surface area contributed by atoms with Crippen molar-refractivity contribution < 1.29 is 0 Å². The molecule has 0 radical (unpaired) electrons. The highest BCUT2D eigenvalue weighted by molar-refractivity contribution is 5.97. The molecule has 0 unspecified atom stereocenters. The van der Waals surface area contributed by atoms with Crippen molar-refractivity contribution in [2.75, 3.05) is 6.54 Å². The molecular weight excluding hydrogens is 292 g/mol. The van der Waals surface area contributed by atoms with Crippen LogP contribution in [0.1, 0.15) is 58.4 Å². The van der Waals surface area contributed by atoms with Gasteiger partial charge in [0.1, 0.15) is 0 Å². The molecule has 0 bridgehead atoms. The number of rotatable bonds is 3. The van der Waals surface area contributed by atoms with Crippen LogP contribution in [0.3, 0.4) is 0 Å². The summed E-state index contributed by atoms with van der Waals surface area (Å²) in [6.45, 7) is 18.6. The van der Waals surface area contributed by atoms with E-state index < -0.39 is 0 Å². The Balaban J connectivity index is 2.33. The van der Waals surface area contributed by atoms with E-state index in [1.807, 2.05) is 6.20 Å². The van der Waals surface area contributed by atoms with Crippen molar-refractivity contribution >= 4 is 16.8 Å². The monoisotopic (exact) mass is 320 g/mol. The van der Waals surface area contributed by atoms with E-state index in [9.17, 15) is 0 Å². The lowest BCUT2D eigenvalue weighted by Crippen LogP contribution is -2.29. The van der Waals surface area contributed by atoms with E-state index >= 15 is 0 Å². The fraction of sp³-hybridized carbons (Fsp3) is 0.409. The summed E-state index contributed by atoms with van der Waals surface area (Å²) in [7, 11) is 0. The average molecular weight is 320 g/mol. The Kier molecular flexibility index (Phi) is 3.82. The van der Waals surface area contributed by atoms with Gasteiger partial charge in [-0.25, -0.2) is 0 Å². The number of hydrogen-bond donors (Lipinski definition) is 1. The first-order valence-corrected chi connectivity index (χ1v) is 8.75. The lowest BCUT2D eigenvalue weighted by Gasteiger charge is -2.36. The zero-order valence-electron chi connectivity index (χ0n) is 15.7. The van der Waals surface area contributed by atoms with Crippen molar-refractivity contribution in [3.05, 3.63) is 59.1 Å². The minimum absolute atomic E-state index is 0.102. The van der Waals surface area contributed by atoms with Gasteiger partial charge in [0.15, 0.2) is 0 Å². The summed E-state index contributed by atoms with van der Waals surface area (Å²) in [5, 5.41) is 5.95. The number of nitrogens with zero attached hydrogens (tertiary/aromatic N) is 1. The van der Waals surface area contributed by atoms with Crippen LogP contribution in [0.2, 0.25) is 0 Å². The number of hydrogen-bond acceptors (Lipinski definition) is 2. The molecule has 2 heteroatoms. The van der Waals surface area contributed by atoms with Crippen molar-refractivity contribution in [1.29, 1.82) is 0 Å². The summed E-state index contributed by atoms with van der Waals surface area (Å²) < 4.78 is 0. The maximum Gasteiger partial charge on any atom is 0.0714 e. The zero-order valence-corrected chi connectivity index (χ0v) is 15.7. The molecule has 2 aromatic rings. The van der Waals surface area contributed by atoms with E-state index in [0.29, 0.717) is 0 Å². The van der Waals surface area contributed by atoms with Crippen molar-refractivity contribution in [1.82, 2.24) is 10.3 Å². The van der Waals surface area contributed by atoms with Gasteiger partial charge in [0, 0.05) is 29.2 Å². The molecule has 126 valence electrons. The lowest BCUT2D eigenvalue weighted by molar-refractivity contribution is 0.581. The fourth-order valence-electron chi connectivity index (χ4n) is 3.61. The molecule has 0 spiro atoms. The largest absolute Gasteiger partial charge is 0.386 e. The summed E-state index contributed by atoms with van der Waals surface area (Å²) in [6, 6.07) is 6.82. The van der Waals surface area contributed by atoms with Gasteiger partial charge in [-0.05, 0) is 46.6 Å². The molecule has 1 aromatic carbocycles. The van der Waals surface area contributed by atoms with E-state index in [1.54, 1.807) is 0 Å². The summed E-state index contributed by atoms with van der Waals surface area (Å²) in [4.78, 5) is 4.64. The third-order valence-electron chi connectivity index (χ3n) is 5.10. The number of aromatic nitrogens is 1. The molecule has 3 rings (SSSR count). The molecular formula is C22H28N2. The topological polar surface area (TPSA) is 24.9 Å². The quantitative estimate of drug-likeness (QED) is 0.826. The van der Waals surface area contributed by atoms with Crippen molar-refractivity contribution in [3.63, 3.8) is 0 Å². The van der Waals surface area contributed by atoms with Crippen LogP contribution in [0.25, 0.3) is 16.8 Å². The zero-order chi connectivity index (χ0) is 17.7. The molecule has 1 aliphatic carbocycles. The molecule has 2 nitrogen and oxygen atoms in total. The van der Waals surface area contributed by atoms with E-state index in [-0.39, 0.29) is 10.8 Å². The molecule has 0 saturated heterocycles. The first kappa shape index (κ1) is 16.8. The fourth-order valence-corrected chi connectivity index (χ4v) is 3.61. The molecule has 0 fully saturated rings. The summed E-state index contributed by atoms with van der Waals surface area (Å²) in [5.74, 6) is 0. The first-order valence-electron chi connectivity index (χ1n) is 8.75. The van der Waals surface area contributed by atoms with Crippen LogP contribution >= 0.6 is 0 Å². The predicted octanol–water partition coefficient (Wildman–Crippen LogP) is 5.33. The van der Waals surface area contributed by atoms with Crippen molar-refractivity contribution in [3.8, 4) is 0 Å². The Labute approximate surface area is 145 Å². The van der Waals surface area contributed by atoms with Gasteiger partial charge in [0.2, 0.25) is 0 Å². The van der Waals surface area contributed by atoms with Crippen molar-refractivity contribution in [2.45, 2.75) is 52.4 Å². The molecule has 1 N–H and O–H groups in total. The van der Waals surface area contributed by atoms with Crippen LogP contribution in [-0.4, -0.2) is 11.5 Å². The van der Waals surface area contributed by atoms with Crippen LogP contribution in [0.4, 0.5) is 0 Å². The average Bonchev–Trinajstić information content (AvgIpc) is 2.49. The van der Waals surface area contributed by atoms with Gasteiger partial charge in [-0.1, -0.05) is 53.3 Å². The SMILES string of the molecule is C=C(NCC)C1=Cc2nccc3cc(C(C)(C)C)cc(c23)C1(C)C. The Hall–Kier alpha value is -2.09. The number of pyridine rings is 1. The maximum absolute atomic E-state index is 4.64. The van der Waals surface area contributed by atoms with Gasteiger partial charge in [-0.15, -0.1) is 0 Å². The van der Waals surface area contributed by atoms with E-state index in [4.69, 9.17) is 0 Å². The third kappa shape index (κ3) is 2.54. The minimum Gasteiger partial charge on any atom is -0.386 e. The molecule has 0 atom stereocenters. The highest BCUT2D eigenvalue weighted by Gasteiger charge is 2.34. The molecule has 1 aromatic heterocycles. The highest BCUT2D eigenvalue weighted by atomic mass is 14.9. The van der Waals surface area contributed by atoms with Crippen molar-refractivity contribution in [2.24, 2.45) is 0 Å². The maximum atomic E-state index is 4.64. The van der Waals surface area contributed by atoms with E-state index in [1.165, 1.54) is 27.5 Å². The van der Waals surface area contributed by atoms with Gasteiger partial charge < -0.3 is 5.32 Å². The normalized spacial score (nSPS) is 16.0. The van der Waals surface area contributed by atoms with Gasteiger partial charge in [0.25, 0.3) is 0 Å². The molecule has 1 heterocycles. The molecule has 0 aliphatic heterocycles. The van der Waals surface area contributed by atoms with Crippen LogP contribution in [0, 0.1) is 0 Å². The standard InChI is InChI=1S/C22H28N2/c1-8-23-14(2)17-13-19-20-15(9-10-24-19)11-16(21(3,4)5)12-18(20)22(17,6)7/h9-13,23H,2,8H2,1,3-7H3. The van der Waals surface area contributed by atoms with Crippen LogP contribution in [0.15, 0.2) is 42.2 Å². The van der Waals surface area contributed by atoms with Gasteiger partial charge in [-0.3, -0.25) is 4.98 Å². The number of allylic oxidation sites excluding steroid dienone is 1. The molecule has 1 aliphatic rings. The van der Waals surface area contributed by atoms with Gasteiger partial charge in [-0.2, -0.15) is 0 Å². The third-order valence-corrected chi connectivity index (χ3v) is 5.10.